The van der Waals surface area contributed by atoms with Crippen molar-refractivity contribution in [3.8, 4) is 0 Å². The van der Waals surface area contributed by atoms with Gasteiger partial charge in [0.25, 0.3) is 0 Å². The third-order valence-corrected chi connectivity index (χ3v) is 4.72. The molecule has 0 aromatic carbocycles. The lowest BCUT2D eigenvalue weighted by molar-refractivity contribution is -0.00948. The predicted octanol–water partition coefficient (Wildman–Crippen LogP) is 3.34. The van der Waals surface area contributed by atoms with Crippen LogP contribution in [0, 0.1) is 0 Å². The second kappa shape index (κ2) is 4.53. The molecule has 1 N–H and O–H groups in total. The minimum Gasteiger partial charge on any atom is -0.373 e. The number of thiophene rings is 1. The fourth-order valence-corrected chi connectivity index (χ4v) is 3.94. The van der Waals surface area contributed by atoms with Crippen molar-refractivity contribution in [1.82, 2.24) is 5.32 Å². The second-order valence-electron chi connectivity index (χ2n) is 4.13. The first-order chi connectivity index (χ1) is 7.15. The molecule has 0 bridgehead atoms. The molecule has 1 saturated heterocycles. The Morgan fingerprint density at radius 1 is 1.60 bits per heavy atom. The van der Waals surface area contributed by atoms with Gasteiger partial charge < -0.3 is 10.1 Å². The summed E-state index contributed by atoms with van der Waals surface area (Å²) in [7, 11) is 2.01. The summed E-state index contributed by atoms with van der Waals surface area (Å²) >= 11 is 5.29. The summed E-state index contributed by atoms with van der Waals surface area (Å²) in [6.45, 7) is 3.09. The zero-order valence-electron chi connectivity index (χ0n) is 9.05. The quantitative estimate of drug-likeness (QED) is 0.922. The zero-order valence-corrected chi connectivity index (χ0v) is 11.5. The molecule has 2 nitrogen and oxygen atoms in total. The van der Waals surface area contributed by atoms with Crippen molar-refractivity contribution in [1.29, 1.82) is 0 Å². The predicted molar refractivity (Wildman–Crippen MR) is 67.4 cm³/mol. The Kier molecular flexibility index (Phi) is 3.50. The van der Waals surface area contributed by atoms with Gasteiger partial charge in [-0.15, -0.1) is 11.3 Å². The number of hydrogen-bond acceptors (Lipinski definition) is 3. The van der Waals surface area contributed by atoms with E-state index in [-0.39, 0.29) is 5.60 Å². The molecule has 4 heteroatoms. The number of rotatable bonds is 3. The van der Waals surface area contributed by atoms with E-state index < -0.39 is 0 Å². The lowest BCUT2D eigenvalue weighted by atomic mass is 9.92. The van der Waals surface area contributed by atoms with Crippen LogP contribution < -0.4 is 5.32 Å². The molecule has 84 valence electrons. The van der Waals surface area contributed by atoms with E-state index in [0.717, 1.165) is 13.0 Å². The summed E-state index contributed by atoms with van der Waals surface area (Å²) in [5.41, 5.74) is -0.0426. The van der Waals surface area contributed by atoms with Crippen LogP contribution in [0.3, 0.4) is 0 Å². The van der Waals surface area contributed by atoms with Gasteiger partial charge in [-0.1, -0.05) is 0 Å². The molecule has 1 aromatic rings. The average Bonchev–Trinajstić information content (AvgIpc) is 2.78. The van der Waals surface area contributed by atoms with E-state index in [2.05, 4.69) is 40.3 Å². The molecule has 0 saturated carbocycles. The first-order valence-electron chi connectivity index (χ1n) is 5.22. The van der Waals surface area contributed by atoms with Crippen LogP contribution in [0.1, 0.15) is 30.7 Å². The van der Waals surface area contributed by atoms with E-state index in [4.69, 9.17) is 4.74 Å². The van der Waals surface area contributed by atoms with Crippen molar-refractivity contribution >= 4 is 27.3 Å². The van der Waals surface area contributed by atoms with E-state index in [1.54, 1.807) is 11.3 Å². The van der Waals surface area contributed by atoms with Gasteiger partial charge in [-0.2, -0.15) is 0 Å². The Hall–Kier alpha value is 0.1000. The van der Waals surface area contributed by atoms with Crippen molar-refractivity contribution in [3.05, 3.63) is 20.8 Å². The molecule has 2 rings (SSSR count). The minimum atomic E-state index is -0.0426. The van der Waals surface area contributed by atoms with Gasteiger partial charge in [0.2, 0.25) is 0 Å². The van der Waals surface area contributed by atoms with Gasteiger partial charge in [-0.3, -0.25) is 0 Å². The zero-order chi connectivity index (χ0) is 10.9. The first-order valence-corrected chi connectivity index (χ1v) is 6.83. The highest BCUT2D eigenvalue weighted by atomic mass is 79.9. The van der Waals surface area contributed by atoms with Crippen molar-refractivity contribution in [2.24, 2.45) is 0 Å². The van der Waals surface area contributed by atoms with E-state index in [1.165, 1.54) is 15.1 Å². The second-order valence-corrected chi connectivity index (χ2v) is 6.62. The van der Waals surface area contributed by atoms with Crippen LogP contribution in [0.5, 0.6) is 0 Å². The number of ether oxygens (including phenoxy) is 1. The Bertz CT molecular complexity index is 333. The van der Waals surface area contributed by atoms with Gasteiger partial charge >= 0.3 is 0 Å². The molecule has 0 radical (unpaired) electrons. The van der Waals surface area contributed by atoms with Crippen LogP contribution in [0.2, 0.25) is 0 Å². The van der Waals surface area contributed by atoms with Crippen LogP contribution in [0.25, 0.3) is 0 Å². The largest absolute Gasteiger partial charge is 0.373 e. The molecule has 2 atom stereocenters. The van der Waals surface area contributed by atoms with Gasteiger partial charge in [0.15, 0.2) is 0 Å². The Morgan fingerprint density at radius 2 is 2.40 bits per heavy atom. The highest BCUT2D eigenvalue weighted by Gasteiger charge is 2.39. The molecule has 1 aliphatic rings. The van der Waals surface area contributed by atoms with Gasteiger partial charge in [0.05, 0.1) is 15.4 Å². The normalized spacial score (nSPS) is 28.2. The van der Waals surface area contributed by atoms with Gasteiger partial charge in [0.1, 0.15) is 0 Å². The van der Waals surface area contributed by atoms with Crippen molar-refractivity contribution < 1.29 is 4.74 Å². The maximum atomic E-state index is 5.89. The highest BCUT2D eigenvalue weighted by Crippen LogP contribution is 2.40. The summed E-state index contributed by atoms with van der Waals surface area (Å²) < 4.78 is 7.07. The molecule has 0 amide bonds. The minimum absolute atomic E-state index is 0.0426. The third-order valence-electron chi connectivity index (χ3n) is 3.03. The molecular formula is C11H16BrNOS. The topological polar surface area (TPSA) is 21.3 Å². The molecule has 1 aliphatic heterocycles. The molecule has 1 aromatic heterocycles. The molecular weight excluding hydrogens is 274 g/mol. The maximum Gasteiger partial charge on any atom is 0.0857 e. The van der Waals surface area contributed by atoms with Crippen LogP contribution in [-0.2, 0) is 4.74 Å². The summed E-state index contributed by atoms with van der Waals surface area (Å²) in [6, 6.07) is 4.57. The molecule has 0 aliphatic carbocycles. The summed E-state index contributed by atoms with van der Waals surface area (Å²) in [6.07, 6.45) is 2.30. The lowest BCUT2D eigenvalue weighted by Gasteiger charge is -2.32. The van der Waals surface area contributed by atoms with E-state index in [9.17, 15) is 0 Å². The molecule has 0 spiro atoms. The van der Waals surface area contributed by atoms with Crippen LogP contribution in [-0.4, -0.2) is 19.3 Å². The van der Waals surface area contributed by atoms with Crippen molar-refractivity contribution in [3.63, 3.8) is 0 Å². The molecule has 1 fully saturated rings. The van der Waals surface area contributed by atoms with Gasteiger partial charge in [0, 0.05) is 11.5 Å². The summed E-state index contributed by atoms with van der Waals surface area (Å²) in [5, 5.41) is 3.38. The number of hydrogen-bond donors (Lipinski definition) is 1. The SMILES string of the molecule is CNC(c1ccc(Br)s1)C1(C)CCCO1. The van der Waals surface area contributed by atoms with Crippen LogP contribution in [0.15, 0.2) is 15.9 Å². The Morgan fingerprint density at radius 3 is 2.87 bits per heavy atom. The van der Waals surface area contributed by atoms with Crippen LogP contribution >= 0.6 is 27.3 Å². The first kappa shape index (κ1) is 11.6. The smallest absolute Gasteiger partial charge is 0.0857 e. The fourth-order valence-electron chi connectivity index (χ4n) is 2.26. The monoisotopic (exact) mass is 289 g/mol. The number of likely N-dealkylation sites (N-methyl/N-ethyl adjacent to an activating group) is 1. The van der Waals surface area contributed by atoms with E-state index >= 15 is 0 Å². The van der Waals surface area contributed by atoms with Gasteiger partial charge in [-0.05, 0) is 54.9 Å². The summed E-state index contributed by atoms with van der Waals surface area (Å²) in [5.74, 6) is 0. The van der Waals surface area contributed by atoms with Crippen molar-refractivity contribution in [2.75, 3.05) is 13.7 Å². The average molecular weight is 290 g/mol. The standard InChI is InChI=1S/C11H16BrNOS/c1-11(6-3-7-14-11)10(13-2)8-4-5-9(12)15-8/h4-5,10,13H,3,6-7H2,1-2H3. The van der Waals surface area contributed by atoms with Gasteiger partial charge in [-0.25, -0.2) is 0 Å². The Labute approximate surface area is 103 Å². The van der Waals surface area contributed by atoms with E-state index in [0.29, 0.717) is 6.04 Å². The third kappa shape index (κ3) is 2.28. The fraction of sp³-hybridized carbons (Fsp3) is 0.636. The molecule has 2 unspecified atom stereocenters. The van der Waals surface area contributed by atoms with Crippen molar-refractivity contribution in [2.45, 2.75) is 31.4 Å². The Balaban J connectivity index is 2.23. The number of halogens is 1. The lowest BCUT2D eigenvalue weighted by Crippen LogP contribution is -2.39. The maximum absolute atomic E-state index is 5.89. The molecule has 2 heterocycles. The van der Waals surface area contributed by atoms with E-state index in [1.807, 2.05) is 7.05 Å². The highest BCUT2D eigenvalue weighted by molar-refractivity contribution is 9.11. The molecule has 15 heavy (non-hydrogen) atoms. The summed E-state index contributed by atoms with van der Waals surface area (Å²) in [4.78, 5) is 1.34. The van der Waals surface area contributed by atoms with Crippen LogP contribution in [0.4, 0.5) is 0 Å². The number of nitrogens with one attached hydrogen (secondary N) is 1.